The molecular formula is C16H27N3O4S2. The fourth-order valence-corrected chi connectivity index (χ4v) is 5.66. The predicted octanol–water partition coefficient (Wildman–Crippen LogP) is 0.995. The van der Waals surface area contributed by atoms with Gasteiger partial charge in [0.2, 0.25) is 20.0 Å². The van der Waals surface area contributed by atoms with E-state index in [9.17, 15) is 16.8 Å². The monoisotopic (exact) mass is 389 g/mol. The van der Waals surface area contributed by atoms with Crippen molar-refractivity contribution in [3.8, 4) is 0 Å². The highest BCUT2D eigenvalue weighted by Gasteiger charge is 2.24. The number of sulfonamides is 2. The fourth-order valence-electron chi connectivity index (χ4n) is 2.92. The van der Waals surface area contributed by atoms with Gasteiger partial charge in [0.05, 0.1) is 9.79 Å². The van der Waals surface area contributed by atoms with Gasteiger partial charge in [-0.2, -0.15) is 4.31 Å². The van der Waals surface area contributed by atoms with Crippen molar-refractivity contribution in [1.29, 1.82) is 0 Å². The van der Waals surface area contributed by atoms with Gasteiger partial charge in [-0.1, -0.05) is 19.9 Å². The molecule has 142 valence electrons. The van der Waals surface area contributed by atoms with Gasteiger partial charge in [-0.25, -0.2) is 21.6 Å². The Morgan fingerprint density at radius 3 is 2.44 bits per heavy atom. The van der Waals surface area contributed by atoms with E-state index in [1.165, 1.54) is 28.6 Å². The molecular weight excluding hydrogens is 362 g/mol. The first kappa shape index (κ1) is 20.3. The van der Waals surface area contributed by atoms with E-state index < -0.39 is 20.0 Å². The largest absolute Gasteiger partial charge is 0.316 e. The lowest BCUT2D eigenvalue weighted by atomic mass is 10.0. The Morgan fingerprint density at radius 2 is 1.84 bits per heavy atom. The molecule has 1 aliphatic rings. The second-order valence-corrected chi connectivity index (χ2v) is 9.83. The highest BCUT2D eigenvalue weighted by molar-refractivity contribution is 7.90. The van der Waals surface area contributed by atoms with E-state index in [2.05, 4.69) is 10.0 Å². The molecule has 0 radical (unpaired) electrons. The summed E-state index contributed by atoms with van der Waals surface area (Å²) in [4.78, 5) is -0.0251. The van der Waals surface area contributed by atoms with E-state index in [1.54, 1.807) is 13.8 Å². The first-order chi connectivity index (χ1) is 11.8. The lowest BCUT2D eigenvalue weighted by Gasteiger charge is -2.23. The molecule has 1 unspecified atom stereocenters. The maximum absolute atomic E-state index is 12.6. The van der Waals surface area contributed by atoms with E-state index in [0.717, 1.165) is 25.9 Å². The Balaban J connectivity index is 2.19. The number of benzene rings is 1. The summed E-state index contributed by atoms with van der Waals surface area (Å²) >= 11 is 0. The minimum absolute atomic E-state index is 0.00147. The van der Waals surface area contributed by atoms with Crippen LogP contribution in [0.2, 0.25) is 0 Å². The summed E-state index contributed by atoms with van der Waals surface area (Å²) in [5.41, 5.74) is 0. The number of hydrogen-bond donors (Lipinski definition) is 2. The quantitative estimate of drug-likeness (QED) is 0.691. The van der Waals surface area contributed by atoms with E-state index in [1.807, 2.05) is 0 Å². The zero-order valence-electron chi connectivity index (χ0n) is 14.7. The average molecular weight is 390 g/mol. The Labute approximate surface area is 150 Å². The van der Waals surface area contributed by atoms with Crippen LogP contribution in [0, 0.1) is 5.92 Å². The Bertz CT molecular complexity index is 768. The molecule has 0 bridgehead atoms. The highest BCUT2D eigenvalue weighted by atomic mass is 32.2. The van der Waals surface area contributed by atoms with Crippen molar-refractivity contribution >= 4 is 20.0 Å². The Morgan fingerprint density at radius 1 is 1.16 bits per heavy atom. The third-order valence-electron chi connectivity index (χ3n) is 4.42. The molecule has 0 aliphatic carbocycles. The maximum atomic E-state index is 12.6. The molecule has 2 N–H and O–H groups in total. The number of nitrogens with zero attached hydrogens (tertiary/aromatic N) is 1. The van der Waals surface area contributed by atoms with Crippen LogP contribution in [0.1, 0.15) is 26.7 Å². The molecule has 0 spiro atoms. The Hall–Kier alpha value is -1.00. The molecule has 1 aromatic rings. The highest BCUT2D eigenvalue weighted by Crippen LogP contribution is 2.20. The summed E-state index contributed by atoms with van der Waals surface area (Å²) in [5.74, 6) is 0.256. The summed E-state index contributed by atoms with van der Waals surface area (Å²) in [5, 5.41) is 3.25. The number of piperidine rings is 1. The van der Waals surface area contributed by atoms with Crippen molar-refractivity contribution in [1.82, 2.24) is 14.3 Å². The van der Waals surface area contributed by atoms with E-state index in [0.29, 0.717) is 19.6 Å². The second-order valence-electron chi connectivity index (χ2n) is 6.13. The molecule has 1 heterocycles. The van der Waals surface area contributed by atoms with E-state index >= 15 is 0 Å². The van der Waals surface area contributed by atoms with Crippen molar-refractivity contribution in [2.75, 3.05) is 32.7 Å². The molecule has 7 nitrogen and oxygen atoms in total. The molecule has 1 fully saturated rings. The molecule has 0 aromatic heterocycles. The normalized spacial score (nSPS) is 19.2. The van der Waals surface area contributed by atoms with Gasteiger partial charge in [0, 0.05) is 19.6 Å². The summed E-state index contributed by atoms with van der Waals surface area (Å²) < 4.78 is 54.1. The molecule has 2 rings (SSSR count). The molecule has 0 amide bonds. The number of hydrogen-bond acceptors (Lipinski definition) is 5. The van der Waals surface area contributed by atoms with Crippen molar-refractivity contribution in [2.24, 2.45) is 5.92 Å². The molecule has 1 atom stereocenters. The summed E-state index contributed by atoms with van der Waals surface area (Å²) in [6, 6.07) is 5.54. The third-order valence-corrected chi connectivity index (χ3v) is 7.89. The summed E-state index contributed by atoms with van der Waals surface area (Å²) in [7, 11) is -7.43. The molecule has 9 heteroatoms. The van der Waals surface area contributed by atoms with Gasteiger partial charge in [0.25, 0.3) is 0 Å². The lowest BCUT2D eigenvalue weighted by molar-refractivity contribution is 0.376. The van der Waals surface area contributed by atoms with Gasteiger partial charge in [0.15, 0.2) is 0 Å². The zero-order valence-corrected chi connectivity index (χ0v) is 16.4. The van der Waals surface area contributed by atoms with Crippen molar-refractivity contribution in [3.05, 3.63) is 24.3 Å². The van der Waals surface area contributed by atoms with Gasteiger partial charge in [-0.3, -0.25) is 0 Å². The van der Waals surface area contributed by atoms with Crippen LogP contribution in [0.3, 0.4) is 0 Å². The third kappa shape index (κ3) is 5.01. The average Bonchev–Trinajstić information content (AvgIpc) is 2.62. The SMILES string of the molecule is CCN(CC)S(=O)(=O)c1cccc(S(=O)(=O)NCC2CCCNC2)c1. The smallest absolute Gasteiger partial charge is 0.243 e. The molecule has 25 heavy (non-hydrogen) atoms. The predicted molar refractivity (Wildman–Crippen MR) is 97.3 cm³/mol. The van der Waals surface area contributed by atoms with Crippen molar-refractivity contribution < 1.29 is 16.8 Å². The van der Waals surface area contributed by atoms with Gasteiger partial charge in [0.1, 0.15) is 0 Å². The molecule has 1 saturated heterocycles. The van der Waals surface area contributed by atoms with Crippen LogP contribution in [0.15, 0.2) is 34.1 Å². The minimum Gasteiger partial charge on any atom is -0.316 e. The van der Waals surface area contributed by atoms with Crippen LogP contribution in [-0.4, -0.2) is 53.9 Å². The topological polar surface area (TPSA) is 95.6 Å². The van der Waals surface area contributed by atoms with E-state index in [4.69, 9.17) is 0 Å². The van der Waals surface area contributed by atoms with Crippen molar-refractivity contribution in [2.45, 2.75) is 36.5 Å². The van der Waals surface area contributed by atoms with Crippen LogP contribution in [0.5, 0.6) is 0 Å². The first-order valence-electron chi connectivity index (χ1n) is 8.62. The first-order valence-corrected chi connectivity index (χ1v) is 11.5. The zero-order chi connectivity index (χ0) is 18.5. The van der Waals surface area contributed by atoms with Crippen LogP contribution >= 0.6 is 0 Å². The van der Waals surface area contributed by atoms with Gasteiger partial charge >= 0.3 is 0 Å². The van der Waals surface area contributed by atoms with Gasteiger partial charge < -0.3 is 5.32 Å². The maximum Gasteiger partial charge on any atom is 0.243 e. The minimum atomic E-state index is -3.74. The van der Waals surface area contributed by atoms with Crippen LogP contribution in [0.4, 0.5) is 0 Å². The Kier molecular flexibility index (Phi) is 6.98. The van der Waals surface area contributed by atoms with E-state index in [-0.39, 0.29) is 15.7 Å². The summed E-state index contributed by atoms with van der Waals surface area (Å²) in [6.07, 6.45) is 2.01. The van der Waals surface area contributed by atoms with Crippen LogP contribution in [0.25, 0.3) is 0 Å². The second kappa shape index (κ2) is 8.59. The molecule has 0 saturated carbocycles. The number of rotatable bonds is 8. The summed E-state index contributed by atoms with van der Waals surface area (Å²) in [6.45, 7) is 6.28. The standard InChI is InChI=1S/C16H27N3O4S2/c1-3-19(4-2)25(22,23)16-9-5-8-15(11-16)24(20,21)18-13-14-7-6-10-17-12-14/h5,8-9,11,14,17-18H,3-4,6-7,10,12-13H2,1-2H3. The van der Waals surface area contributed by atoms with Crippen molar-refractivity contribution in [3.63, 3.8) is 0 Å². The van der Waals surface area contributed by atoms with Gasteiger partial charge in [-0.05, 0) is 50.0 Å². The lowest BCUT2D eigenvalue weighted by Crippen LogP contribution is -2.38. The van der Waals surface area contributed by atoms with Crippen LogP contribution < -0.4 is 10.0 Å². The van der Waals surface area contributed by atoms with Gasteiger partial charge in [-0.15, -0.1) is 0 Å². The molecule has 1 aliphatic heterocycles. The number of nitrogens with one attached hydrogen (secondary N) is 2. The molecule has 1 aromatic carbocycles. The fraction of sp³-hybridized carbons (Fsp3) is 0.625. The van der Waals surface area contributed by atoms with Crippen LogP contribution in [-0.2, 0) is 20.0 Å².